The minimum absolute atomic E-state index is 0.0932. The van der Waals surface area contributed by atoms with Gasteiger partial charge in [0.05, 0.1) is 24.6 Å². The third-order valence-corrected chi connectivity index (χ3v) is 6.67. The molecule has 29 heavy (non-hydrogen) atoms. The van der Waals surface area contributed by atoms with Gasteiger partial charge in [0.25, 0.3) is 5.91 Å². The van der Waals surface area contributed by atoms with E-state index in [4.69, 9.17) is 0 Å². The lowest BCUT2D eigenvalue weighted by molar-refractivity contribution is -0.872. The molecule has 158 valence electrons. The summed E-state index contributed by atoms with van der Waals surface area (Å²) >= 11 is 0. The highest BCUT2D eigenvalue weighted by Gasteiger charge is 2.24. The van der Waals surface area contributed by atoms with Crippen LogP contribution in [0.4, 0.5) is 4.39 Å². The van der Waals surface area contributed by atoms with Crippen molar-refractivity contribution in [2.24, 2.45) is 0 Å². The Hall–Kier alpha value is -2.29. The van der Waals surface area contributed by atoms with Crippen LogP contribution in [0.2, 0.25) is 0 Å². The van der Waals surface area contributed by atoms with Crippen molar-refractivity contribution in [1.29, 1.82) is 0 Å². The van der Waals surface area contributed by atoms with Gasteiger partial charge in [0.15, 0.2) is 0 Å². The minimum Gasteiger partial charge on any atom is -0.348 e. The van der Waals surface area contributed by atoms with E-state index in [0.717, 1.165) is 29.8 Å². The maximum Gasteiger partial charge on any atom is 0.254 e. The monoisotopic (exact) mass is 422 g/mol. The Morgan fingerprint density at radius 1 is 1.07 bits per heavy atom. The van der Waals surface area contributed by atoms with Crippen molar-refractivity contribution in [2.45, 2.75) is 31.8 Å². The Morgan fingerprint density at radius 3 is 2.28 bits per heavy atom. The zero-order valence-electron chi connectivity index (χ0n) is 17.3. The lowest BCUT2D eigenvalue weighted by Crippen LogP contribution is -3.04. The fourth-order valence-corrected chi connectivity index (χ4v) is 4.59. The summed E-state index contributed by atoms with van der Waals surface area (Å²) in [4.78, 5) is 13.7. The topological polar surface area (TPSA) is 70.9 Å². The molecule has 0 saturated heterocycles. The Labute approximate surface area is 172 Å². The second-order valence-corrected chi connectivity index (χ2v) is 9.00. The summed E-state index contributed by atoms with van der Waals surface area (Å²) < 4.78 is 40.9. The van der Waals surface area contributed by atoms with Crippen LogP contribution in [0.1, 0.15) is 35.3 Å². The van der Waals surface area contributed by atoms with Gasteiger partial charge in [-0.2, -0.15) is 4.31 Å². The predicted octanol–water partition coefficient (Wildman–Crippen LogP) is 1.43. The number of carbonyl (C=O) groups excluding carboxylic acids is 1. The average Bonchev–Trinajstić information content (AvgIpc) is 2.67. The largest absolute Gasteiger partial charge is 0.348 e. The van der Waals surface area contributed by atoms with Gasteiger partial charge < -0.3 is 10.2 Å². The van der Waals surface area contributed by atoms with Crippen molar-refractivity contribution >= 4 is 15.9 Å². The molecule has 0 atom stereocenters. The van der Waals surface area contributed by atoms with Crippen molar-refractivity contribution in [3.8, 4) is 0 Å². The second-order valence-electron chi connectivity index (χ2n) is 7.07. The third-order valence-electron chi connectivity index (χ3n) is 4.63. The molecule has 0 heterocycles. The Morgan fingerprint density at radius 2 is 1.69 bits per heavy atom. The number of hydrogen-bond acceptors (Lipinski definition) is 3. The van der Waals surface area contributed by atoms with Crippen LogP contribution in [-0.2, 0) is 23.1 Å². The van der Waals surface area contributed by atoms with Crippen LogP contribution in [0.5, 0.6) is 0 Å². The fourth-order valence-electron chi connectivity index (χ4n) is 3.11. The van der Waals surface area contributed by atoms with Gasteiger partial charge in [0.2, 0.25) is 10.0 Å². The standard InChI is InChI=1S/C21H28FN3O3S/c1-5-25(6-2)29(27,28)18-11-12-20(22)19(13-18)21(26)23-14-16-9-7-8-10-17(16)15-24(3)4/h7-13H,5-6,14-15H2,1-4H3,(H,23,26)/p+1. The number of halogens is 1. The fraction of sp³-hybridized carbons (Fsp3) is 0.381. The van der Waals surface area contributed by atoms with Crippen LogP contribution in [0.25, 0.3) is 0 Å². The summed E-state index contributed by atoms with van der Waals surface area (Å²) in [5, 5.41) is 2.71. The predicted molar refractivity (Wildman–Crippen MR) is 111 cm³/mol. The molecule has 0 spiro atoms. The van der Waals surface area contributed by atoms with E-state index in [9.17, 15) is 17.6 Å². The van der Waals surface area contributed by atoms with Gasteiger partial charge in [-0.1, -0.05) is 38.1 Å². The number of quaternary nitrogens is 1. The Bertz CT molecular complexity index is 957. The average molecular weight is 423 g/mol. The summed E-state index contributed by atoms with van der Waals surface area (Å²) in [5.41, 5.74) is 1.74. The summed E-state index contributed by atoms with van der Waals surface area (Å²) in [6.07, 6.45) is 0. The highest BCUT2D eigenvalue weighted by atomic mass is 32.2. The first-order valence-electron chi connectivity index (χ1n) is 9.64. The van der Waals surface area contributed by atoms with Crippen molar-refractivity contribution in [3.63, 3.8) is 0 Å². The molecule has 8 heteroatoms. The van der Waals surface area contributed by atoms with Gasteiger partial charge in [-0.25, -0.2) is 12.8 Å². The van der Waals surface area contributed by atoms with Gasteiger partial charge in [-0.3, -0.25) is 4.79 Å². The van der Waals surface area contributed by atoms with E-state index in [1.807, 2.05) is 38.4 Å². The number of sulfonamides is 1. The Balaban J connectivity index is 2.24. The molecule has 1 amide bonds. The van der Waals surface area contributed by atoms with Gasteiger partial charge in [0, 0.05) is 25.2 Å². The number of nitrogens with one attached hydrogen (secondary N) is 2. The summed E-state index contributed by atoms with van der Waals surface area (Å²) in [7, 11) is 0.291. The maximum atomic E-state index is 14.3. The van der Waals surface area contributed by atoms with E-state index in [1.54, 1.807) is 13.8 Å². The third kappa shape index (κ3) is 5.62. The number of rotatable bonds is 9. The van der Waals surface area contributed by atoms with E-state index in [-0.39, 0.29) is 17.0 Å². The first-order valence-corrected chi connectivity index (χ1v) is 11.1. The zero-order valence-corrected chi connectivity index (χ0v) is 18.1. The number of amides is 1. The molecule has 0 aliphatic rings. The molecular formula is C21H29FN3O3S+. The Kier molecular flexibility index (Phi) is 7.89. The van der Waals surface area contributed by atoms with Crippen molar-refractivity contribution in [2.75, 3.05) is 27.2 Å². The zero-order chi connectivity index (χ0) is 21.6. The van der Waals surface area contributed by atoms with Gasteiger partial charge >= 0.3 is 0 Å². The van der Waals surface area contributed by atoms with Gasteiger partial charge in [0.1, 0.15) is 12.4 Å². The smallest absolute Gasteiger partial charge is 0.254 e. The van der Waals surface area contributed by atoms with Crippen molar-refractivity contribution < 1.29 is 22.5 Å². The molecule has 6 nitrogen and oxygen atoms in total. The van der Waals surface area contributed by atoms with Gasteiger partial charge in [-0.15, -0.1) is 0 Å². The molecule has 0 bridgehead atoms. The number of nitrogens with zero attached hydrogens (tertiary/aromatic N) is 1. The van der Waals surface area contributed by atoms with Crippen LogP contribution in [0, 0.1) is 5.82 Å². The number of carbonyl (C=O) groups is 1. The van der Waals surface area contributed by atoms with Crippen molar-refractivity contribution in [1.82, 2.24) is 9.62 Å². The summed E-state index contributed by atoms with van der Waals surface area (Å²) in [6.45, 7) is 5.06. The van der Waals surface area contributed by atoms with E-state index < -0.39 is 21.7 Å². The van der Waals surface area contributed by atoms with Crippen LogP contribution in [0.3, 0.4) is 0 Å². The highest BCUT2D eigenvalue weighted by molar-refractivity contribution is 7.89. The van der Waals surface area contributed by atoms with E-state index in [0.29, 0.717) is 13.1 Å². The molecule has 0 aliphatic carbocycles. The molecule has 0 saturated carbocycles. The molecule has 0 fully saturated rings. The molecule has 2 rings (SSSR count). The van der Waals surface area contributed by atoms with E-state index in [2.05, 4.69) is 5.32 Å². The molecule has 2 N–H and O–H groups in total. The van der Waals surface area contributed by atoms with Crippen LogP contribution >= 0.6 is 0 Å². The molecule has 0 radical (unpaired) electrons. The van der Waals surface area contributed by atoms with Crippen LogP contribution in [-0.4, -0.2) is 45.8 Å². The molecular weight excluding hydrogens is 393 g/mol. The molecule has 0 aliphatic heterocycles. The van der Waals surface area contributed by atoms with E-state index in [1.165, 1.54) is 15.3 Å². The SMILES string of the molecule is CCN(CC)S(=O)(=O)c1ccc(F)c(C(=O)NCc2ccccc2C[NH+](C)C)c1. The maximum absolute atomic E-state index is 14.3. The quantitative estimate of drug-likeness (QED) is 0.642. The normalized spacial score (nSPS) is 11.8. The number of benzene rings is 2. The molecule has 2 aromatic carbocycles. The molecule has 2 aromatic rings. The number of hydrogen-bond donors (Lipinski definition) is 2. The lowest BCUT2D eigenvalue weighted by Gasteiger charge is -2.19. The molecule has 0 unspecified atom stereocenters. The first kappa shape index (κ1) is 23.0. The van der Waals surface area contributed by atoms with E-state index >= 15 is 0 Å². The van der Waals surface area contributed by atoms with Crippen molar-refractivity contribution in [3.05, 3.63) is 65.0 Å². The minimum atomic E-state index is -3.78. The second kappa shape index (κ2) is 9.96. The summed E-state index contributed by atoms with van der Waals surface area (Å²) in [6, 6.07) is 11.0. The van der Waals surface area contributed by atoms with Crippen LogP contribution < -0.4 is 10.2 Å². The highest BCUT2D eigenvalue weighted by Crippen LogP contribution is 2.19. The lowest BCUT2D eigenvalue weighted by atomic mass is 10.1. The first-order chi connectivity index (χ1) is 13.7. The summed E-state index contributed by atoms with van der Waals surface area (Å²) in [5.74, 6) is -1.40. The molecule has 0 aromatic heterocycles. The van der Waals surface area contributed by atoms with Gasteiger partial charge in [-0.05, 0) is 23.8 Å². The van der Waals surface area contributed by atoms with Crippen LogP contribution in [0.15, 0.2) is 47.4 Å².